The minimum absolute atomic E-state index is 0.520. The predicted molar refractivity (Wildman–Crippen MR) is 76.0 cm³/mol. The quantitative estimate of drug-likeness (QED) is 0.770. The van der Waals surface area contributed by atoms with Gasteiger partial charge in [-0.05, 0) is 38.3 Å². The molecule has 1 aliphatic rings. The Morgan fingerprint density at radius 1 is 1.26 bits per heavy atom. The summed E-state index contributed by atoms with van der Waals surface area (Å²) in [5.74, 6) is 0. The maximum atomic E-state index is 9.35. The normalized spacial score (nSPS) is 16.7. The molecule has 0 aliphatic heterocycles. The van der Waals surface area contributed by atoms with Gasteiger partial charge in [0.25, 0.3) is 0 Å². The molecule has 3 rings (SSSR count). The van der Waals surface area contributed by atoms with Crippen molar-refractivity contribution in [2.45, 2.75) is 52.0 Å². The molecule has 2 heterocycles. The first-order valence-corrected chi connectivity index (χ1v) is 7.09. The molecule has 1 saturated carbocycles. The van der Waals surface area contributed by atoms with E-state index in [-0.39, 0.29) is 0 Å². The molecule has 0 unspecified atom stereocenters. The van der Waals surface area contributed by atoms with E-state index < -0.39 is 0 Å². The number of aryl methyl sites for hydroxylation is 2. The molecule has 1 fully saturated rings. The van der Waals surface area contributed by atoms with Gasteiger partial charge in [-0.2, -0.15) is 5.26 Å². The fourth-order valence-corrected chi connectivity index (χ4v) is 3.32. The monoisotopic (exact) mass is 253 g/mol. The number of hydrogen-bond acceptors (Lipinski definition) is 2. The smallest absolute Gasteiger partial charge is 0.142 e. The molecule has 19 heavy (non-hydrogen) atoms. The highest BCUT2D eigenvalue weighted by molar-refractivity contribution is 5.86. The van der Waals surface area contributed by atoms with E-state index in [9.17, 15) is 5.26 Å². The van der Waals surface area contributed by atoms with E-state index in [1.54, 1.807) is 0 Å². The van der Waals surface area contributed by atoms with Crippen LogP contribution in [0, 0.1) is 25.2 Å². The zero-order valence-electron chi connectivity index (χ0n) is 11.6. The van der Waals surface area contributed by atoms with Crippen molar-refractivity contribution in [3.63, 3.8) is 0 Å². The molecule has 0 spiro atoms. The zero-order valence-corrected chi connectivity index (χ0v) is 11.6. The second-order valence-corrected chi connectivity index (χ2v) is 5.63. The van der Waals surface area contributed by atoms with Crippen LogP contribution < -0.4 is 0 Å². The molecule has 98 valence electrons. The van der Waals surface area contributed by atoms with Crippen LogP contribution in [0.3, 0.4) is 0 Å². The van der Waals surface area contributed by atoms with E-state index in [2.05, 4.69) is 23.6 Å². The van der Waals surface area contributed by atoms with Crippen molar-refractivity contribution in [3.05, 3.63) is 29.1 Å². The first-order valence-electron chi connectivity index (χ1n) is 7.09. The van der Waals surface area contributed by atoms with Gasteiger partial charge in [0.05, 0.1) is 5.56 Å². The van der Waals surface area contributed by atoms with Crippen LogP contribution >= 0.6 is 0 Å². The summed E-state index contributed by atoms with van der Waals surface area (Å²) in [5, 5.41) is 10.4. The van der Waals surface area contributed by atoms with E-state index in [1.807, 2.05) is 13.1 Å². The van der Waals surface area contributed by atoms with Gasteiger partial charge in [0.2, 0.25) is 0 Å². The molecule has 3 nitrogen and oxygen atoms in total. The van der Waals surface area contributed by atoms with E-state index in [1.165, 1.54) is 32.1 Å². The van der Waals surface area contributed by atoms with Crippen LogP contribution in [0.4, 0.5) is 0 Å². The van der Waals surface area contributed by atoms with Crippen molar-refractivity contribution < 1.29 is 0 Å². The highest BCUT2D eigenvalue weighted by atomic mass is 15.1. The van der Waals surface area contributed by atoms with Crippen LogP contribution in [0.15, 0.2) is 12.3 Å². The first-order chi connectivity index (χ1) is 9.20. The highest BCUT2D eigenvalue weighted by Crippen LogP contribution is 2.33. The zero-order chi connectivity index (χ0) is 13.4. The number of fused-ring (bicyclic) bond motifs is 1. The molecule has 2 aromatic heterocycles. The maximum absolute atomic E-state index is 9.35. The molecular formula is C16H19N3. The summed E-state index contributed by atoms with van der Waals surface area (Å²) in [5.41, 5.74) is 3.96. The number of rotatable bonds is 1. The van der Waals surface area contributed by atoms with Crippen molar-refractivity contribution in [2.24, 2.45) is 0 Å². The van der Waals surface area contributed by atoms with E-state index in [0.717, 1.165) is 27.9 Å². The lowest BCUT2D eigenvalue weighted by molar-refractivity contribution is 0.359. The SMILES string of the molecule is Cc1cc(C)c2c(C#N)cn(C3CCCCC3)c2n1. The Bertz CT molecular complexity index is 655. The molecule has 0 atom stereocenters. The summed E-state index contributed by atoms with van der Waals surface area (Å²) in [6, 6.07) is 4.91. The Morgan fingerprint density at radius 2 is 2.00 bits per heavy atom. The minimum atomic E-state index is 0.520. The van der Waals surface area contributed by atoms with Gasteiger partial charge in [0, 0.05) is 23.3 Å². The molecule has 0 bridgehead atoms. The fraction of sp³-hybridized carbons (Fsp3) is 0.500. The molecular weight excluding hydrogens is 234 g/mol. The second kappa shape index (κ2) is 4.70. The molecule has 0 saturated heterocycles. The lowest BCUT2D eigenvalue weighted by Gasteiger charge is -2.23. The number of nitrogens with zero attached hydrogens (tertiary/aromatic N) is 3. The average molecular weight is 253 g/mol. The predicted octanol–water partition coefficient (Wildman–Crippen LogP) is 4.03. The first kappa shape index (κ1) is 12.2. The third-order valence-electron chi connectivity index (χ3n) is 4.20. The number of pyridine rings is 1. The van der Waals surface area contributed by atoms with Crippen molar-refractivity contribution in [2.75, 3.05) is 0 Å². The summed E-state index contributed by atoms with van der Waals surface area (Å²) in [6.45, 7) is 4.10. The van der Waals surface area contributed by atoms with Crippen LogP contribution in [0.25, 0.3) is 11.0 Å². The third kappa shape index (κ3) is 2.02. The van der Waals surface area contributed by atoms with Gasteiger partial charge in [0.15, 0.2) is 0 Å². The third-order valence-corrected chi connectivity index (χ3v) is 4.20. The average Bonchev–Trinajstić information content (AvgIpc) is 2.78. The number of aromatic nitrogens is 2. The molecule has 1 aliphatic carbocycles. The molecule has 0 amide bonds. The van der Waals surface area contributed by atoms with Gasteiger partial charge in [0.1, 0.15) is 11.7 Å². The van der Waals surface area contributed by atoms with Gasteiger partial charge < -0.3 is 4.57 Å². The summed E-state index contributed by atoms with van der Waals surface area (Å²) in [4.78, 5) is 4.69. The summed E-state index contributed by atoms with van der Waals surface area (Å²) in [7, 11) is 0. The van der Waals surface area contributed by atoms with E-state index in [0.29, 0.717) is 6.04 Å². The molecule has 2 aromatic rings. The van der Waals surface area contributed by atoms with Gasteiger partial charge >= 0.3 is 0 Å². The number of nitriles is 1. The molecule has 0 radical (unpaired) electrons. The van der Waals surface area contributed by atoms with Gasteiger partial charge in [-0.1, -0.05) is 19.3 Å². The van der Waals surface area contributed by atoms with Crippen molar-refractivity contribution >= 4 is 11.0 Å². The largest absolute Gasteiger partial charge is 0.328 e. The molecule has 0 N–H and O–H groups in total. The van der Waals surface area contributed by atoms with Crippen molar-refractivity contribution in [1.29, 1.82) is 5.26 Å². The van der Waals surface area contributed by atoms with Gasteiger partial charge in [-0.15, -0.1) is 0 Å². The van der Waals surface area contributed by atoms with Crippen LogP contribution in [0.1, 0.15) is 55.0 Å². The summed E-state index contributed by atoms with van der Waals surface area (Å²) < 4.78 is 2.26. The minimum Gasteiger partial charge on any atom is -0.328 e. The Hall–Kier alpha value is -1.82. The molecule has 0 aromatic carbocycles. The summed E-state index contributed by atoms with van der Waals surface area (Å²) in [6.07, 6.45) is 8.35. The van der Waals surface area contributed by atoms with E-state index in [4.69, 9.17) is 4.98 Å². The topological polar surface area (TPSA) is 41.6 Å². The van der Waals surface area contributed by atoms with E-state index >= 15 is 0 Å². The Balaban J connectivity index is 2.22. The van der Waals surface area contributed by atoms with Crippen molar-refractivity contribution in [3.8, 4) is 6.07 Å². The van der Waals surface area contributed by atoms with Crippen LogP contribution in [0.5, 0.6) is 0 Å². The van der Waals surface area contributed by atoms with Crippen LogP contribution in [-0.4, -0.2) is 9.55 Å². The van der Waals surface area contributed by atoms with Crippen LogP contribution in [-0.2, 0) is 0 Å². The summed E-state index contributed by atoms with van der Waals surface area (Å²) >= 11 is 0. The Labute approximate surface area is 113 Å². The highest BCUT2D eigenvalue weighted by Gasteiger charge is 2.20. The lowest BCUT2D eigenvalue weighted by atomic mass is 9.95. The maximum Gasteiger partial charge on any atom is 0.142 e. The Morgan fingerprint density at radius 3 is 2.68 bits per heavy atom. The standard InChI is InChI=1S/C16H19N3/c1-11-8-12(2)18-16-15(11)13(9-17)10-19(16)14-6-4-3-5-7-14/h8,10,14H,3-7H2,1-2H3. The van der Waals surface area contributed by atoms with Crippen molar-refractivity contribution in [1.82, 2.24) is 9.55 Å². The lowest BCUT2D eigenvalue weighted by Crippen LogP contribution is -2.12. The van der Waals surface area contributed by atoms with Gasteiger partial charge in [-0.3, -0.25) is 0 Å². The number of hydrogen-bond donors (Lipinski definition) is 0. The van der Waals surface area contributed by atoms with Crippen LogP contribution in [0.2, 0.25) is 0 Å². The van der Waals surface area contributed by atoms with Gasteiger partial charge in [-0.25, -0.2) is 4.98 Å². The molecule has 3 heteroatoms. The second-order valence-electron chi connectivity index (χ2n) is 5.63. The Kier molecular flexibility index (Phi) is 3.02. The fourth-order valence-electron chi connectivity index (χ4n) is 3.32.